The van der Waals surface area contributed by atoms with Gasteiger partial charge in [0.2, 0.25) is 0 Å². The second kappa shape index (κ2) is 5.89. The zero-order valence-corrected chi connectivity index (χ0v) is 13.7. The Morgan fingerprint density at radius 3 is 2.10 bits per heavy atom. The van der Waals surface area contributed by atoms with E-state index >= 15 is 0 Å². The second-order valence-electron chi connectivity index (χ2n) is 6.88. The van der Waals surface area contributed by atoms with E-state index in [1.54, 1.807) is 0 Å². The van der Waals surface area contributed by atoms with E-state index in [1.165, 1.54) is 12.8 Å². The van der Waals surface area contributed by atoms with Crippen LogP contribution in [0.15, 0.2) is 24.3 Å². The molecule has 0 bridgehead atoms. The largest absolute Gasteiger partial charge is 0.299 e. The molecule has 1 unspecified atom stereocenters. The smallest absolute Gasteiger partial charge is 0.142 e. The number of ketones is 1. The molecular formula is C18H25ClO. The maximum Gasteiger partial charge on any atom is 0.142 e. The minimum absolute atomic E-state index is 0.0252. The SMILES string of the molecule is CC(C)C(=O)C(CC1(C(C)C)CC1)c1ccc(Cl)cc1. The minimum Gasteiger partial charge on any atom is -0.299 e. The summed E-state index contributed by atoms with van der Waals surface area (Å²) in [5, 5.41) is 0.731. The Balaban J connectivity index is 2.26. The number of hydrogen-bond donors (Lipinski definition) is 0. The fraction of sp³-hybridized carbons (Fsp3) is 0.611. The average molecular weight is 293 g/mol. The van der Waals surface area contributed by atoms with Gasteiger partial charge in [-0.2, -0.15) is 0 Å². The average Bonchev–Trinajstić information content (AvgIpc) is 3.17. The summed E-state index contributed by atoms with van der Waals surface area (Å²) in [6.45, 7) is 8.57. The van der Waals surface area contributed by atoms with E-state index in [2.05, 4.69) is 13.8 Å². The van der Waals surface area contributed by atoms with Crippen LogP contribution < -0.4 is 0 Å². The molecule has 0 aromatic heterocycles. The van der Waals surface area contributed by atoms with Crippen LogP contribution in [0.25, 0.3) is 0 Å². The molecule has 1 atom stereocenters. The third-order valence-corrected chi connectivity index (χ3v) is 5.16. The maximum absolute atomic E-state index is 12.6. The van der Waals surface area contributed by atoms with Gasteiger partial charge in [-0.25, -0.2) is 0 Å². The number of benzene rings is 1. The van der Waals surface area contributed by atoms with Gasteiger partial charge in [0.25, 0.3) is 0 Å². The van der Waals surface area contributed by atoms with Crippen molar-refractivity contribution in [2.24, 2.45) is 17.3 Å². The molecule has 0 radical (unpaired) electrons. The first-order valence-corrected chi connectivity index (χ1v) is 8.03. The Hall–Kier alpha value is -0.820. The maximum atomic E-state index is 12.6. The highest BCUT2D eigenvalue weighted by Gasteiger charge is 2.47. The van der Waals surface area contributed by atoms with E-state index in [1.807, 2.05) is 38.1 Å². The Morgan fingerprint density at radius 2 is 1.70 bits per heavy atom. The van der Waals surface area contributed by atoms with E-state index in [0.717, 1.165) is 17.0 Å². The van der Waals surface area contributed by atoms with E-state index in [4.69, 9.17) is 11.6 Å². The standard InChI is InChI=1S/C18H25ClO/c1-12(2)17(20)16(11-18(9-10-18)13(3)4)14-5-7-15(19)8-6-14/h5-8,12-13,16H,9-11H2,1-4H3. The van der Waals surface area contributed by atoms with Gasteiger partial charge in [-0.15, -0.1) is 0 Å². The van der Waals surface area contributed by atoms with Crippen molar-refractivity contribution >= 4 is 17.4 Å². The van der Waals surface area contributed by atoms with Crippen molar-refractivity contribution < 1.29 is 4.79 Å². The molecule has 20 heavy (non-hydrogen) atoms. The molecule has 1 saturated carbocycles. The zero-order valence-electron chi connectivity index (χ0n) is 12.9. The molecule has 0 spiro atoms. The molecule has 0 aliphatic heterocycles. The van der Waals surface area contributed by atoms with Gasteiger partial charge in [-0.05, 0) is 48.3 Å². The number of halogens is 1. The first-order chi connectivity index (χ1) is 9.35. The summed E-state index contributed by atoms with van der Waals surface area (Å²) in [7, 11) is 0. The predicted molar refractivity (Wildman–Crippen MR) is 85.2 cm³/mol. The number of carbonyl (C=O) groups is 1. The molecule has 0 amide bonds. The van der Waals surface area contributed by atoms with Crippen LogP contribution in [-0.2, 0) is 4.79 Å². The third kappa shape index (κ3) is 3.25. The Bertz CT molecular complexity index is 469. The molecule has 1 aromatic rings. The normalized spacial score (nSPS) is 18.4. The molecule has 0 saturated heterocycles. The van der Waals surface area contributed by atoms with Gasteiger partial charge in [-0.1, -0.05) is 51.4 Å². The van der Waals surface area contributed by atoms with E-state index in [0.29, 0.717) is 17.1 Å². The molecule has 1 aliphatic carbocycles. The summed E-state index contributed by atoms with van der Waals surface area (Å²) in [6, 6.07) is 7.83. The van der Waals surface area contributed by atoms with Crippen LogP contribution >= 0.6 is 11.6 Å². The lowest BCUT2D eigenvalue weighted by molar-refractivity contribution is -0.124. The van der Waals surface area contributed by atoms with Crippen LogP contribution in [-0.4, -0.2) is 5.78 Å². The van der Waals surface area contributed by atoms with Crippen molar-refractivity contribution in [2.75, 3.05) is 0 Å². The minimum atomic E-state index is 0.0252. The highest BCUT2D eigenvalue weighted by molar-refractivity contribution is 6.30. The van der Waals surface area contributed by atoms with Gasteiger partial charge >= 0.3 is 0 Å². The van der Waals surface area contributed by atoms with E-state index in [9.17, 15) is 4.79 Å². The molecular weight excluding hydrogens is 268 g/mol. The molecule has 1 aliphatic rings. The first-order valence-electron chi connectivity index (χ1n) is 7.65. The van der Waals surface area contributed by atoms with Crippen molar-refractivity contribution in [1.29, 1.82) is 0 Å². The Kier molecular flexibility index (Phi) is 4.59. The Labute approximate surface area is 127 Å². The van der Waals surface area contributed by atoms with Crippen LogP contribution in [0.4, 0.5) is 0 Å². The van der Waals surface area contributed by atoms with Gasteiger partial charge < -0.3 is 0 Å². The predicted octanol–water partition coefficient (Wildman–Crippen LogP) is 5.48. The van der Waals surface area contributed by atoms with Gasteiger partial charge in [0.1, 0.15) is 5.78 Å². The zero-order chi connectivity index (χ0) is 14.9. The molecule has 0 heterocycles. The van der Waals surface area contributed by atoms with Gasteiger partial charge in [0.15, 0.2) is 0 Å². The van der Waals surface area contributed by atoms with Crippen LogP contribution in [0.2, 0.25) is 5.02 Å². The number of rotatable bonds is 6. The van der Waals surface area contributed by atoms with Crippen molar-refractivity contribution in [2.45, 2.75) is 52.9 Å². The molecule has 0 N–H and O–H groups in total. The molecule has 1 nitrogen and oxygen atoms in total. The van der Waals surface area contributed by atoms with Gasteiger partial charge in [-0.3, -0.25) is 4.79 Å². The number of hydrogen-bond acceptors (Lipinski definition) is 1. The lowest BCUT2D eigenvalue weighted by Gasteiger charge is -2.27. The Morgan fingerprint density at radius 1 is 1.15 bits per heavy atom. The highest BCUT2D eigenvalue weighted by atomic mass is 35.5. The summed E-state index contributed by atoms with van der Waals surface area (Å²) in [5.41, 5.74) is 1.51. The molecule has 2 heteroatoms. The van der Waals surface area contributed by atoms with Crippen LogP contribution in [0.1, 0.15) is 58.4 Å². The summed E-state index contributed by atoms with van der Waals surface area (Å²) in [6.07, 6.45) is 3.52. The van der Waals surface area contributed by atoms with Crippen LogP contribution in [0.5, 0.6) is 0 Å². The third-order valence-electron chi connectivity index (χ3n) is 4.91. The van der Waals surface area contributed by atoms with Crippen molar-refractivity contribution in [3.8, 4) is 0 Å². The quantitative estimate of drug-likeness (QED) is 0.679. The van der Waals surface area contributed by atoms with Crippen molar-refractivity contribution in [1.82, 2.24) is 0 Å². The van der Waals surface area contributed by atoms with Gasteiger partial charge in [0.05, 0.1) is 0 Å². The first kappa shape index (κ1) is 15.6. The summed E-state index contributed by atoms with van der Waals surface area (Å²) < 4.78 is 0. The number of carbonyl (C=O) groups excluding carboxylic acids is 1. The lowest BCUT2D eigenvalue weighted by atomic mass is 9.77. The monoisotopic (exact) mass is 292 g/mol. The summed E-state index contributed by atoms with van der Waals surface area (Å²) in [5.74, 6) is 1.12. The van der Waals surface area contributed by atoms with E-state index in [-0.39, 0.29) is 11.8 Å². The summed E-state index contributed by atoms with van der Waals surface area (Å²) in [4.78, 5) is 12.6. The van der Waals surface area contributed by atoms with Gasteiger partial charge in [0, 0.05) is 16.9 Å². The van der Waals surface area contributed by atoms with Crippen molar-refractivity contribution in [3.05, 3.63) is 34.9 Å². The number of Topliss-reactive ketones (excluding diaryl/α,β-unsaturated/α-hetero) is 1. The molecule has 110 valence electrons. The molecule has 1 fully saturated rings. The highest BCUT2D eigenvalue weighted by Crippen LogP contribution is 2.57. The van der Waals surface area contributed by atoms with Crippen LogP contribution in [0, 0.1) is 17.3 Å². The molecule has 1 aromatic carbocycles. The molecule has 2 rings (SSSR count). The lowest BCUT2D eigenvalue weighted by Crippen LogP contribution is -2.23. The van der Waals surface area contributed by atoms with Crippen molar-refractivity contribution in [3.63, 3.8) is 0 Å². The topological polar surface area (TPSA) is 17.1 Å². The van der Waals surface area contributed by atoms with Crippen LogP contribution in [0.3, 0.4) is 0 Å². The second-order valence-corrected chi connectivity index (χ2v) is 7.32. The fourth-order valence-electron chi connectivity index (χ4n) is 3.06. The fourth-order valence-corrected chi connectivity index (χ4v) is 3.19. The van der Waals surface area contributed by atoms with E-state index < -0.39 is 0 Å². The summed E-state index contributed by atoms with van der Waals surface area (Å²) >= 11 is 5.97.